The van der Waals surface area contributed by atoms with Gasteiger partial charge in [-0.05, 0) is 49.4 Å². The molecule has 0 aliphatic heterocycles. The highest BCUT2D eigenvalue weighted by molar-refractivity contribution is 7.99. The summed E-state index contributed by atoms with van der Waals surface area (Å²) in [5, 5.41) is 0.839. The van der Waals surface area contributed by atoms with Gasteiger partial charge in [0.15, 0.2) is 5.16 Å². The van der Waals surface area contributed by atoms with Crippen LogP contribution in [0.15, 0.2) is 81.5 Å². The van der Waals surface area contributed by atoms with E-state index in [9.17, 15) is 14.0 Å². The molecular formula is C24H16ClFN4O2S. The molecule has 1 atom stereocenters. The first kappa shape index (κ1) is 21.4. The molecule has 9 heteroatoms. The predicted octanol–water partition coefficient (Wildman–Crippen LogP) is 5.27. The molecule has 5 aromatic rings. The SMILES string of the molecule is CC(Sc1nc2ccccc2c(=O)n1-c1ccc(F)c(Cl)c1)c1nc2ccccc2c(=O)[nH]1. The van der Waals surface area contributed by atoms with Crippen molar-refractivity contribution in [3.05, 3.63) is 104 Å². The van der Waals surface area contributed by atoms with Gasteiger partial charge in [-0.3, -0.25) is 14.2 Å². The molecular weight excluding hydrogens is 463 g/mol. The Kier molecular flexibility index (Phi) is 5.47. The number of fused-ring (bicyclic) bond motifs is 2. The average Bonchev–Trinajstić information content (AvgIpc) is 2.81. The van der Waals surface area contributed by atoms with Crippen LogP contribution in [0.3, 0.4) is 0 Å². The summed E-state index contributed by atoms with van der Waals surface area (Å²) in [6.45, 7) is 1.86. The van der Waals surface area contributed by atoms with Gasteiger partial charge in [0.1, 0.15) is 11.6 Å². The van der Waals surface area contributed by atoms with Gasteiger partial charge < -0.3 is 4.98 Å². The van der Waals surface area contributed by atoms with Crippen molar-refractivity contribution in [3.8, 4) is 5.69 Å². The molecule has 164 valence electrons. The van der Waals surface area contributed by atoms with Gasteiger partial charge in [-0.2, -0.15) is 0 Å². The fourth-order valence-corrected chi connectivity index (χ4v) is 4.71. The number of H-pyrrole nitrogens is 1. The molecule has 2 aromatic heterocycles. The summed E-state index contributed by atoms with van der Waals surface area (Å²) in [7, 11) is 0. The topological polar surface area (TPSA) is 80.6 Å². The molecule has 0 aliphatic rings. The van der Waals surface area contributed by atoms with Crippen LogP contribution < -0.4 is 11.1 Å². The molecule has 0 aliphatic carbocycles. The minimum atomic E-state index is -0.581. The minimum absolute atomic E-state index is 0.0999. The Morgan fingerprint density at radius 2 is 1.64 bits per heavy atom. The second-order valence-electron chi connectivity index (χ2n) is 7.38. The van der Waals surface area contributed by atoms with Crippen molar-refractivity contribution in [2.24, 2.45) is 0 Å². The Bertz CT molecular complexity index is 1650. The molecule has 33 heavy (non-hydrogen) atoms. The first-order chi connectivity index (χ1) is 15.9. The number of rotatable bonds is 4. The number of aromatic amines is 1. The maximum atomic E-state index is 13.8. The van der Waals surface area contributed by atoms with E-state index in [1.807, 2.05) is 13.0 Å². The lowest BCUT2D eigenvalue weighted by molar-refractivity contribution is 0.627. The van der Waals surface area contributed by atoms with Crippen LogP contribution in [0.1, 0.15) is 18.0 Å². The molecule has 1 N–H and O–H groups in total. The Morgan fingerprint density at radius 1 is 0.970 bits per heavy atom. The fraction of sp³-hybridized carbons (Fsp3) is 0.0833. The van der Waals surface area contributed by atoms with Gasteiger partial charge >= 0.3 is 0 Å². The number of aromatic nitrogens is 4. The third-order valence-electron chi connectivity index (χ3n) is 5.20. The van der Waals surface area contributed by atoms with E-state index in [0.717, 1.165) is 0 Å². The summed E-state index contributed by atoms with van der Waals surface area (Å²) >= 11 is 7.25. The zero-order valence-corrected chi connectivity index (χ0v) is 18.8. The van der Waals surface area contributed by atoms with Gasteiger partial charge in [0.05, 0.1) is 37.8 Å². The van der Waals surface area contributed by atoms with Gasteiger partial charge in [-0.1, -0.05) is 47.6 Å². The van der Waals surface area contributed by atoms with Crippen molar-refractivity contribution in [3.63, 3.8) is 0 Å². The van der Waals surface area contributed by atoms with E-state index in [1.165, 1.54) is 34.5 Å². The molecule has 0 radical (unpaired) electrons. The molecule has 0 spiro atoms. The zero-order chi connectivity index (χ0) is 23.1. The normalized spacial score (nSPS) is 12.3. The Morgan fingerprint density at radius 3 is 2.36 bits per heavy atom. The first-order valence-electron chi connectivity index (χ1n) is 10.1. The van der Waals surface area contributed by atoms with Crippen molar-refractivity contribution < 1.29 is 4.39 Å². The van der Waals surface area contributed by atoms with E-state index in [-0.39, 0.29) is 21.4 Å². The van der Waals surface area contributed by atoms with Crippen LogP contribution in [0, 0.1) is 5.82 Å². The number of benzene rings is 3. The smallest absolute Gasteiger partial charge is 0.266 e. The number of halogens is 2. The minimum Gasteiger partial charge on any atom is -0.309 e. The molecule has 6 nitrogen and oxygen atoms in total. The van der Waals surface area contributed by atoms with Crippen LogP contribution in [0.25, 0.3) is 27.5 Å². The molecule has 3 aromatic carbocycles. The Balaban J connectivity index is 1.66. The maximum Gasteiger partial charge on any atom is 0.266 e. The first-order valence-corrected chi connectivity index (χ1v) is 11.3. The quantitative estimate of drug-likeness (QED) is 0.281. The summed E-state index contributed by atoms with van der Waals surface area (Å²) in [4.78, 5) is 38.0. The highest BCUT2D eigenvalue weighted by Crippen LogP contribution is 2.33. The number of hydrogen-bond donors (Lipinski definition) is 1. The monoisotopic (exact) mass is 478 g/mol. The molecule has 0 bridgehead atoms. The molecule has 2 heterocycles. The number of thioether (sulfide) groups is 1. The summed E-state index contributed by atoms with van der Waals surface area (Å²) in [6.07, 6.45) is 0. The maximum absolute atomic E-state index is 13.8. The Labute approximate surface area is 196 Å². The second-order valence-corrected chi connectivity index (χ2v) is 9.09. The average molecular weight is 479 g/mol. The van der Waals surface area contributed by atoms with Crippen LogP contribution in [-0.2, 0) is 0 Å². The molecule has 1 unspecified atom stereocenters. The number of nitrogens with zero attached hydrogens (tertiary/aromatic N) is 3. The van der Waals surface area contributed by atoms with E-state index in [4.69, 9.17) is 11.6 Å². The Hall–Kier alpha value is -3.49. The molecule has 0 saturated heterocycles. The number of para-hydroxylation sites is 2. The van der Waals surface area contributed by atoms with Gasteiger partial charge in [-0.25, -0.2) is 14.4 Å². The van der Waals surface area contributed by atoms with Crippen LogP contribution >= 0.6 is 23.4 Å². The van der Waals surface area contributed by atoms with Gasteiger partial charge in [0.2, 0.25) is 0 Å². The van der Waals surface area contributed by atoms with Gasteiger partial charge in [0.25, 0.3) is 11.1 Å². The van der Waals surface area contributed by atoms with E-state index < -0.39 is 5.82 Å². The van der Waals surface area contributed by atoms with Crippen molar-refractivity contribution in [2.75, 3.05) is 0 Å². The van der Waals surface area contributed by atoms with Crippen molar-refractivity contribution in [1.82, 2.24) is 19.5 Å². The van der Waals surface area contributed by atoms with Crippen LogP contribution in [-0.4, -0.2) is 19.5 Å². The van der Waals surface area contributed by atoms with Crippen LogP contribution in [0.5, 0.6) is 0 Å². The van der Waals surface area contributed by atoms with Gasteiger partial charge in [-0.15, -0.1) is 0 Å². The highest BCUT2D eigenvalue weighted by atomic mass is 35.5. The zero-order valence-electron chi connectivity index (χ0n) is 17.3. The largest absolute Gasteiger partial charge is 0.309 e. The third-order valence-corrected chi connectivity index (χ3v) is 6.56. The van der Waals surface area contributed by atoms with Crippen molar-refractivity contribution >= 4 is 45.2 Å². The van der Waals surface area contributed by atoms with Crippen molar-refractivity contribution in [2.45, 2.75) is 17.3 Å². The molecule has 5 rings (SSSR count). The van der Waals surface area contributed by atoms with Crippen molar-refractivity contribution in [1.29, 1.82) is 0 Å². The number of nitrogens with one attached hydrogen (secondary N) is 1. The standard InChI is InChI=1S/C24H16ClFN4O2S/c1-13(21-27-19-8-4-2-6-15(19)22(31)29-21)33-24-28-20-9-5-3-7-16(20)23(32)30(24)14-10-11-18(26)17(25)12-14/h2-13H,1H3,(H,27,29,31). The van der Waals surface area contributed by atoms with Gasteiger partial charge in [0, 0.05) is 0 Å². The fourth-order valence-electron chi connectivity index (χ4n) is 3.55. The lowest BCUT2D eigenvalue weighted by Crippen LogP contribution is -2.22. The lowest BCUT2D eigenvalue weighted by atomic mass is 10.2. The molecule has 0 fully saturated rings. The lowest BCUT2D eigenvalue weighted by Gasteiger charge is -2.16. The summed E-state index contributed by atoms with van der Waals surface area (Å²) < 4.78 is 15.2. The van der Waals surface area contributed by atoms with Crippen LogP contribution in [0.4, 0.5) is 4.39 Å². The molecule has 0 saturated carbocycles. The number of hydrogen-bond acceptors (Lipinski definition) is 5. The van der Waals surface area contributed by atoms with E-state index in [1.54, 1.807) is 42.5 Å². The highest BCUT2D eigenvalue weighted by Gasteiger charge is 2.19. The molecule has 0 amide bonds. The second kappa shape index (κ2) is 8.46. The summed E-state index contributed by atoms with van der Waals surface area (Å²) in [5.74, 6) is -0.127. The van der Waals surface area contributed by atoms with E-state index in [2.05, 4.69) is 15.0 Å². The predicted molar refractivity (Wildman–Crippen MR) is 129 cm³/mol. The summed E-state index contributed by atoms with van der Waals surface area (Å²) in [5.41, 5.74) is 0.953. The van der Waals surface area contributed by atoms with Crippen LogP contribution in [0.2, 0.25) is 5.02 Å². The van der Waals surface area contributed by atoms with E-state index in [0.29, 0.717) is 38.5 Å². The van der Waals surface area contributed by atoms with E-state index >= 15 is 0 Å². The third kappa shape index (κ3) is 3.92. The summed E-state index contributed by atoms with van der Waals surface area (Å²) in [6, 6.07) is 18.2.